The largest absolute Gasteiger partial charge is 0.493 e. The molecule has 0 saturated heterocycles. The molecule has 0 aliphatic rings. The van der Waals surface area contributed by atoms with E-state index in [4.69, 9.17) is 14.2 Å². The van der Waals surface area contributed by atoms with Gasteiger partial charge in [0, 0.05) is 24.9 Å². The second kappa shape index (κ2) is 12.2. The third-order valence-electron chi connectivity index (χ3n) is 4.50. The number of carbonyl (C=O) groups is 1. The number of anilines is 2. The predicted molar refractivity (Wildman–Crippen MR) is 123 cm³/mol. The molecule has 31 heavy (non-hydrogen) atoms. The molecule has 6 heteroatoms. The minimum atomic E-state index is -0.128. The van der Waals surface area contributed by atoms with Gasteiger partial charge in [-0.25, -0.2) is 0 Å². The van der Waals surface area contributed by atoms with Crippen LogP contribution in [0.4, 0.5) is 11.4 Å². The summed E-state index contributed by atoms with van der Waals surface area (Å²) in [7, 11) is 1.63. The fourth-order valence-corrected chi connectivity index (χ4v) is 2.87. The van der Waals surface area contributed by atoms with E-state index in [1.807, 2.05) is 66.7 Å². The summed E-state index contributed by atoms with van der Waals surface area (Å²) >= 11 is 0. The fourth-order valence-electron chi connectivity index (χ4n) is 2.87. The van der Waals surface area contributed by atoms with Gasteiger partial charge in [-0.2, -0.15) is 0 Å². The lowest BCUT2D eigenvalue weighted by Gasteiger charge is -2.10. The highest BCUT2D eigenvalue weighted by Crippen LogP contribution is 2.17. The Morgan fingerprint density at radius 1 is 0.742 bits per heavy atom. The van der Waals surface area contributed by atoms with Gasteiger partial charge in [0.15, 0.2) is 0 Å². The highest BCUT2D eigenvalue weighted by atomic mass is 16.5. The van der Waals surface area contributed by atoms with Gasteiger partial charge >= 0.3 is 0 Å². The summed E-state index contributed by atoms with van der Waals surface area (Å²) in [5.74, 6) is 1.41. The van der Waals surface area contributed by atoms with E-state index in [0.29, 0.717) is 25.5 Å². The Hall–Kier alpha value is -3.51. The van der Waals surface area contributed by atoms with Crippen LogP contribution in [-0.4, -0.2) is 39.4 Å². The van der Waals surface area contributed by atoms with Crippen LogP contribution in [-0.2, 0) is 16.0 Å². The first-order valence-electron chi connectivity index (χ1n) is 10.3. The summed E-state index contributed by atoms with van der Waals surface area (Å²) in [5, 5.41) is 5.97. The zero-order chi connectivity index (χ0) is 21.7. The lowest BCUT2D eigenvalue weighted by atomic mass is 10.2. The van der Waals surface area contributed by atoms with Gasteiger partial charge in [0.25, 0.3) is 0 Å². The maximum Gasteiger partial charge on any atom is 0.243 e. The molecule has 3 aromatic rings. The summed E-state index contributed by atoms with van der Waals surface area (Å²) in [5.41, 5.74) is 2.82. The standard InChI is InChI=1S/C25H28N2O4/c1-29-17-18-31-24-13-9-22(10-14-24)27-25(28)19-26-21-7-11-23(12-8-21)30-16-15-20-5-3-2-4-6-20/h2-14,26H,15-19H2,1H3,(H,27,28). The molecule has 0 aliphatic carbocycles. The van der Waals surface area contributed by atoms with Crippen molar-refractivity contribution < 1.29 is 19.0 Å². The summed E-state index contributed by atoms with van der Waals surface area (Å²) in [6.45, 7) is 1.81. The van der Waals surface area contributed by atoms with Gasteiger partial charge in [-0.15, -0.1) is 0 Å². The van der Waals surface area contributed by atoms with Crippen molar-refractivity contribution in [1.29, 1.82) is 0 Å². The smallest absolute Gasteiger partial charge is 0.243 e. The van der Waals surface area contributed by atoms with Gasteiger partial charge < -0.3 is 24.8 Å². The summed E-state index contributed by atoms with van der Waals surface area (Å²) in [6, 6.07) is 25.1. The molecular weight excluding hydrogens is 392 g/mol. The normalized spacial score (nSPS) is 10.4. The van der Waals surface area contributed by atoms with Crippen LogP contribution in [0.3, 0.4) is 0 Å². The van der Waals surface area contributed by atoms with E-state index < -0.39 is 0 Å². The topological polar surface area (TPSA) is 68.8 Å². The fraction of sp³-hybridized carbons (Fsp3) is 0.240. The molecule has 0 radical (unpaired) electrons. The first kappa shape index (κ1) is 22.2. The van der Waals surface area contributed by atoms with Crippen molar-refractivity contribution in [3.8, 4) is 11.5 Å². The molecule has 1 amide bonds. The van der Waals surface area contributed by atoms with Crippen LogP contribution < -0.4 is 20.1 Å². The van der Waals surface area contributed by atoms with Crippen LogP contribution in [0, 0.1) is 0 Å². The zero-order valence-corrected chi connectivity index (χ0v) is 17.7. The number of ether oxygens (including phenoxy) is 3. The van der Waals surface area contributed by atoms with Crippen molar-refractivity contribution in [2.24, 2.45) is 0 Å². The number of hydrogen-bond acceptors (Lipinski definition) is 5. The maximum atomic E-state index is 12.2. The Kier molecular flexibility index (Phi) is 8.76. The third-order valence-corrected chi connectivity index (χ3v) is 4.50. The highest BCUT2D eigenvalue weighted by molar-refractivity contribution is 5.93. The van der Waals surface area contributed by atoms with E-state index in [0.717, 1.165) is 23.6 Å². The van der Waals surface area contributed by atoms with Crippen LogP contribution in [0.5, 0.6) is 11.5 Å². The quantitative estimate of drug-likeness (QED) is 0.426. The molecule has 0 saturated carbocycles. The molecule has 2 N–H and O–H groups in total. The first-order chi connectivity index (χ1) is 15.2. The van der Waals surface area contributed by atoms with Gasteiger partial charge in [0.2, 0.25) is 5.91 Å². The molecule has 0 aliphatic heterocycles. The van der Waals surface area contributed by atoms with Gasteiger partial charge in [-0.05, 0) is 54.1 Å². The maximum absolute atomic E-state index is 12.2. The van der Waals surface area contributed by atoms with Gasteiger partial charge in [0.05, 0.1) is 19.8 Å². The average Bonchev–Trinajstić information content (AvgIpc) is 2.81. The molecule has 0 fully saturated rings. The second-order valence-corrected chi connectivity index (χ2v) is 6.88. The third kappa shape index (κ3) is 8.03. The van der Waals surface area contributed by atoms with E-state index in [2.05, 4.69) is 22.8 Å². The molecule has 0 bridgehead atoms. The number of benzene rings is 3. The highest BCUT2D eigenvalue weighted by Gasteiger charge is 2.04. The van der Waals surface area contributed by atoms with Gasteiger partial charge in [0.1, 0.15) is 18.1 Å². The van der Waals surface area contributed by atoms with Crippen LogP contribution in [0.2, 0.25) is 0 Å². The molecule has 3 aromatic carbocycles. The summed E-state index contributed by atoms with van der Waals surface area (Å²) in [4.78, 5) is 12.2. The molecule has 0 heterocycles. The zero-order valence-electron chi connectivity index (χ0n) is 17.7. The Morgan fingerprint density at radius 3 is 2.00 bits per heavy atom. The van der Waals surface area contributed by atoms with Crippen molar-refractivity contribution in [2.45, 2.75) is 6.42 Å². The van der Waals surface area contributed by atoms with Crippen LogP contribution in [0.25, 0.3) is 0 Å². The van der Waals surface area contributed by atoms with Crippen molar-refractivity contribution in [1.82, 2.24) is 0 Å². The Labute approximate surface area is 183 Å². The first-order valence-corrected chi connectivity index (χ1v) is 10.3. The minimum absolute atomic E-state index is 0.128. The monoisotopic (exact) mass is 420 g/mol. The van der Waals surface area contributed by atoms with E-state index in [1.54, 1.807) is 7.11 Å². The van der Waals surface area contributed by atoms with E-state index in [1.165, 1.54) is 5.56 Å². The molecule has 0 aromatic heterocycles. The molecule has 0 unspecified atom stereocenters. The van der Waals surface area contributed by atoms with Crippen LogP contribution in [0.15, 0.2) is 78.9 Å². The molecule has 162 valence electrons. The lowest BCUT2D eigenvalue weighted by Crippen LogP contribution is -2.21. The average molecular weight is 421 g/mol. The number of amides is 1. The Morgan fingerprint density at radius 2 is 1.35 bits per heavy atom. The Bertz CT molecular complexity index is 913. The number of carbonyl (C=O) groups excluding carboxylic acids is 1. The predicted octanol–water partition coefficient (Wildman–Crippen LogP) is 4.38. The van der Waals surface area contributed by atoms with Crippen molar-refractivity contribution in [3.05, 3.63) is 84.4 Å². The number of hydrogen-bond donors (Lipinski definition) is 2. The molecule has 3 rings (SSSR count). The number of methoxy groups -OCH3 is 1. The Balaban J connectivity index is 1.37. The molecule has 0 atom stereocenters. The van der Waals surface area contributed by atoms with Crippen LogP contribution >= 0.6 is 0 Å². The second-order valence-electron chi connectivity index (χ2n) is 6.88. The van der Waals surface area contributed by atoms with Gasteiger partial charge in [-0.1, -0.05) is 30.3 Å². The SMILES string of the molecule is COCCOc1ccc(NC(=O)CNc2ccc(OCCc3ccccc3)cc2)cc1. The van der Waals surface area contributed by atoms with E-state index in [9.17, 15) is 4.79 Å². The van der Waals surface area contributed by atoms with Crippen molar-refractivity contribution in [2.75, 3.05) is 44.1 Å². The van der Waals surface area contributed by atoms with Crippen molar-refractivity contribution >= 4 is 17.3 Å². The van der Waals surface area contributed by atoms with Gasteiger partial charge in [-0.3, -0.25) is 4.79 Å². The van der Waals surface area contributed by atoms with Crippen molar-refractivity contribution in [3.63, 3.8) is 0 Å². The molecular formula is C25H28N2O4. The lowest BCUT2D eigenvalue weighted by molar-refractivity contribution is -0.114. The molecule has 0 spiro atoms. The van der Waals surface area contributed by atoms with E-state index in [-0.39, 0.29) is 12.5 Å². The summed E-state index contributed by atoms with van der Waals surface area (Å²) < 4.78 is 16.2. The summed E-state index contributed by atoms with van der Waals surface area (Å²) in [6.07, 6.45) is 0.862. The number of rotatable bonds is 12. The van der Waals surface area contributed by atoms with Crippen LogP contribution in [0.1, 0.15) is 5.56 Å². The number of nitrogens with one attached hydrogen (secondary N) is 2. The molecule has 6 nitrogen and oxygen atoms in total. The van der Waals surface area contributed by atoms with E-state index >= 15 is 0 Å². The minimum Gasteiger partial charge on any atom is -0.493 e.